The third-order valence-corrected chi connectivity index (χ3v) is 4.15. The molecule has 35 heavy (non-hydrogen) atoms. The zero-order valence-corrected chi connectivity index (χ0v) is 16.3. The second-order valence-electron chi connectivity index (χ2n) is 6.48. The van der Waals surface area contributed by atoms with Crippen LogP contribution < -0.4 is 5.32 Å². The molecule has 0 amide bonds. The van der Waals surface area contributed by atoms with Crippen molar-refractivity contribution >= 4 is 17.7 Å². The number of hydrogen-bond donors (Lipinski definition) is 1. The zero-order valence-electron chi connectivity index (χ0n) is 16.3. The predicted octanol–water partition coefficient (Wildman–Crippen LogP) is 7.28. The van der Waals surface area contributed by atoms with Crippen molar-refractivity contribution in [3.63, 3.8) is 0 Å². The van der Waals surface area contributed by atoms with E-state index in [4.69, 9.17) is 10.5 Å². The molecule has 0 aliphatic carbocycles. The van der Waals surface area contributed by atoms with Gasteiger partial charge in [-0.05, 0) is 24.3 Å². The summed E-state index contributed by atoms with van der Waals surface area (Å²) in [6, 6.07) is 1.80. The number of halogens is 12. The third kappa shape index (κ3) is 6.14. The van der Waals surface area contributed by atoms with Crippen LogP contribution in [0.3, 0.4) is 0 Å². The van der Waals surface area contributed by atoms with E-state index in [-0.39, 0.29) is 30.6 Å². The summed E-state index contributed by atoms with van der Waals surface area (Å²) in [6.45, 7) is 0. The molecule has 0 fully saturated rings. The minimum Gasteiger partial charge on any atom is -0.346 e. The van der Waals surface area contributed by atoms with Gasteiger partial charge in [0.15, 0.2) is 0 Å². The number of aliphatic imine (C=N–C) groups is 1. The Morgan fingerprint density at radius 3 is 1.20 bits per heavy atom. The summed E-state index contributed by atoms with van der Waals surface area (Å²) in [6.07, 6.45) is -21.5. The van der Waals surface area contributed by atoms with E-state index in [1.807, 2.05) is 0 Å². The number of benzene rings is 2. The Balaban J connectivity index is 2.61. The van der Waals surface area contributed by atoms with Crippen LogP contribution in [0.5, 0.6) is 0 Å². The van der Waals surface area contributed by atoms with Gasteiger partial charge in [0, 0.05) is 5.69 Å². The molecule has 0 spiro atoms. The molecule has 2 aromatic carbocycles. The molecule has 0 saturated carbocycles. The van der Waals surface area contributed by atoms with Crippen LogP contribution in [0.1, 0.15) is 33.4 Å². The lowest BCUT2D eigenvalue weighted by Crippen LogP contribution is -2.16. The molecule has 2 aromatic rings. The highest BCUT2D eigenvalue weighted by molar-refractivity contribution is 5.79. The maximum absolute atomic E-state index is 13.1. The fourth-order valence-electron chi connectivity index (χ4n) is 2.74. The van der Waals surface area contributed by atoms with Gasteiger partial charge in [-0.25, -0.2) is 4.99 Å². The van der Waals surface area contributed by atoms with Crippen molar-refractivity contribution in [2.45, 2.75) is 24.7 Å². The van der Waals surface area contributed by atoms with E-state index in [1.165, 1.54) is 0 Å². The molecule has 0 aliphatic heterocycles. The molecule has 0 unspecified atom stereocenters. The Bertz CT molecular complexity index is 1170. The van der Waals surface area contributed by atoms with Crippen molar-refractivity contribution in [1.29, 1.82) is 10.5 Å². The first-order valence-corrected chi connectivity index (χ1v) is 8.54. The number of nitrogens with one attached hydrogen (secondary N) is 1. The average molecular weight is 518 g/mol. The van der Waals surface area contributed by atoms with E-state index < -0.39 is 69.5 Å². The normalized spacial score (nSPS) is 13.0. The molecule has 0 radical (unpaired) electrons. The molecule has 2 rings (SSSR count). The van der Waals surface area contributed by atoms with Gasteiger partial charge in [-0.15, -0.1) is 0 Å². The van der Waals surface area contributed by atoms with E-state index >= 15 is 0 Å². The molecule has 0 aromatic heterocycles. The summed E-state index contributed by atoms with van der Waals surface area (Å²) in [4.78, 5) is 3.18. The van der Waals surface area contributed by atoms with Crippen LogP contribution in [0.25, 0.3) is 0 Å². The third-order valence-electron chi connectivity index (χ3n) is 4.15. The summed E-state index contributed by atoms with van der Waals surface area (Å²) in [5.41, 5.74) is -13.6. The number of nitrogens with zero attached hydrogens (tertiary/aromatic N) is 3. The fourth-order valence-corrected chi connectivity index (χ4v) is 2.74. The second-order valence-corrected chi connectivity index (χ2v) is 6.48. The van der Waals surface area contributed by atoms with Crippen LogP contribution in [0.15, 0.2) is 29.3 Å². The zero-order chi connectivity index (χ0) is 27.0. The van der Waals surface area contributed by atoms with Crippen LogP contribution in [-0.2, 0) is 24.7 Å². The highest BCUT2D eigenvalue weighted by atomic mass is 19.4. The number of nitriles is 2. The number of anilines is 1. The topological polar surface area (TPSA) is 72.0 Å². The molecule has 1 N–H and O–H groups in total. The molecule has 0 aliphatic rings. The van der Waals surface area contributed by atoms with E-state index in [0.29, 0.717) is 0 Å². The predicted molar refractivity (Wildman–Crippen MR) is 94.1 cm³/mol. The Hall–Kier alpha value is -3.95. The minimum absolute atomic E-state index is 0.0348. The highest BCUT2D eigenvalue weighted by Gasteiger charge is 2.43. The highest BCUT2D eigenvalue weighted by Crippen LogP contribution is 2.43. The maximum atomic E-state index is 13.1. The summed E-state index contributed by atoms with van der Waals surface area (Å²) in [5, 5.41) is 19.3. The molecule has 0 bridgehead atoms. The fraction of sp³-hybridized carbons (Fsp3) is 0.211. The van der Waals surface area contributed by atoms with E-state index in [1.54, 1.807) is 5.32 Å². The van der Waals surface area contributed by atoms with Crippen LogP contribution in [-0.4, -0.2) is 6.34 Å². The Morgan fingerprint density at radius 2 is 0.914 bits per heavy atom. The number of alkyl halides is 12. The first kappa shape index (κ1) is 27.3. The average Bonchev–Trinajstić information content (AvgIpc) is 2.69. The van der Waals surface area contributed by atoms with Gasteiger partial charge < -0.3 is 5.32 Å². The maximum Gasteiger partial charge on any atom is 0.417 e. The van der Waals surface area contributed by atoms with Crippen molar-refractivity contribution in [2.24, 2.45) is 4.99 Å². The smallest absolute Gasteiger partial charge is 0.346 e. The lowest BCUT2D eigenvalue weighted by molar-refractivity contribution is -0.145. The molecule has 0 saturated heterocycles. The number of rotatable bonds is 3. The summed E-state index contributed by atoms with van der Waals surface area (Å²) in [7, 11) is 0. The molecule has 4 nitrogen and oxygen atoms in total. The minimum atomic E-state index is -5.43. The van der Waals surface area contributed by atoms with Crippen molar-refractivity contribution in [1.82, 2.24) is 0 Å². The summed E-state index contributed by atoms with van der Waals surface area (Å²) < 4.78 is 158. The molecule has 0 heterocycles. The van der Waals surface area contributed by atoms with Gasteiger partial charge in [0.05, 0.1) is 45.4 Å². The van der Waals surface area contributed by atoms with Crippen LogP contribution in [0.4, 0.5) is 64.1 Å². The molecular formula is C19H6F12N4. The van der Waals surface area contributed by atoms with Gasteiger partial charge in [-0.3, -0.25) is 0 Å². The molecule has 0 atom stereocenters. The van der Waals surface area contributed by atoms with Gasteiger partial charge in [-0.2, -0.15) is 63.2 Å². The van der Waals surface area contributed by atoms with E-state index in [9.17, 15) is 52.7 Å². The standard InChI is InChI=1S/C19H6F12N4/c20-16(21,22)12-1-8(2-13(10(12)5-32)17(23,24)25)34-7-35-9-3-14(18(26,27)28)11(6-33)15(4-9)19(29,30)31/h1-4,7H,(H,34,35). The SMILES string of the molecule is N#Cc1c(C(F)(F)F)cc(N=CNc2cc(C(F)(F)F)c(C#N)c(C(F)(F)F)c2)cc1C(F)(F)F. The van der Waals surface area contributed by atoms with Crippen LogP contribution >= 0.6 is 0 Å². The van der Waals surface area contributed by atoms with Crippen molar-refractivity contribution in [3.05, 3.63) is 57.6 Å². The molecule has 16 heteroatoms. The van der Waals surface area contributed by atoms with Gasteiger partial charge in [0.1, 0.15) is 12.1 Å². The van der Waals surface area contributed by atoms with E-state index in [2.05, 4.69) is 4.99 Å². The second kappa shape index (κ2) is 9.01. The van der Waals surface area contributed by atoms with E-state index in [0.717, 1.165) is 12.1 Å². The van der Waals surface area contributed by atoms with Gasteiger partial charge >= 0.3 is 24.7 Å². The quantitative estimate of drug-likeness (QED) is 0.264. The summed E-state index contributed by atoms with van der Waals surface area (Å²) >= 11 is 0. The van der Waals surface area contributed by atoms with Crippen molar-refractivity contribution < 1.29 is 52.7 Å². The first-order chi connectivity index (χ1) is 15.8. The largest absolute Gasteiger partial charge is 0.417 e. The Labute approximate surface area is 186 Å². The Kier molecular flexibility index (Phi) is 7.03. The van der Waals surface area contributed by atoms with Crippen molar-refractivity contribution in [2.75, 3.05) is 5.32 Å². The number of hydrogen-bond acceptors (Lipinski definition) is 3. The van der Waals surface area contributed by atoms with Crippen LogP contribution in [0, 0.1) is 22.7 Å². The monoisotopic (exact) mass is 518 g/mol. The lowest BCUT2D eigenvalue weighted by atomic mass is 9.99. The van der Waals surface area contributed by atoms with Crippen molar-refractivity contribution in [3.8, 4) is 12.1 Å². The summed E-state index contributed by atoms with van der Waals surface area (Å²) in [5.74, 6) is 0. The van der Waals surface area contributed by atoms with Gasteiger partial charge in [0.2, 0.25) is 0 Å². The van der Waals surface area contributed by atoms with Gasteiger partial charge in [0.25, 0.3) is 0 Å². The Morgan fingerprint density at radius 1 is 0.600 bits per heavy atom. The molecule has 186 valence electrons. The first-order valence-electron chi connectivity index (χ1n) is 8.54. The lowest BCUT2D eigenvalue weighted by Gasteiger charge is -2.17. The van der Waals surface area contributed by atoms with Gasteiger partial charge in [-0.1, -0.05) is 0 Å². The molecular weight excluding hydrogens is 512 g/mol. The van der Waals surface area contributed by atoms with Crippen LogP contribution in [0.2, 0.25) is 0 Å².